The fourth-order valence-corrected chi connectivity index (χ4v) is 12.2. The lowest BCUT2D eigenvalue weighted by atomic mass is 9.91. The number of H-pyrrole nitrogens is 2. The van der Waals surface area contributed by atoms with Crippen molar-refractivity contribution >= 4 is 53.0 Å². The van der Waals surface area contributed by atoms with Gasteiger partial charge in [0.1, 0.15) is 29.1 Å². The molecule has 2 unspecified atom stereocenters. The van der Waals surface area contributed by atoms with E-state index >= 15 is 0 Å². The Morgan fingerprint density at radius 3 is 2.60 bits per heavy atom. The maximum Gasteiger partial charge on any atom is 0.254 e. The molecule has 10 nitrogen and oxygen atoms in total. The van der Waals surface area contributed by atoms with Crippen molar-refractivity contribution in [2.24, 2.45) is 11.8 Å². The first-order chi connectivity index (χ1) is 28.3. The summed E-state index contributed by atoms with van der Waals surface area (Å²) >= 11 is 6.98. The molecule has 1 aliphatic carbocycles. The van der Waals surface area contributed by atoms with Gasteiger partial charge < -0.3 is 19.8 Å². The lowest BCUT2D eigenvalue weighted by Crippen LogP contribution is -2.41. The Balaban J connectivity index is 0.748. The van der Waals surface area contributed by atoms with Crippen LogP contribution in [0.5, 0.6) is 0 Å². The Morgan fingerprint density at radius 1 is 0.931 bits per heavy atom. The molecule has 12 heteroatoms. The number of likely N-dealkylation sites (tertiary alicyclic amines) is 2. The Labute approximate surface area is 348 Å². The Morgan fingerprint density at radius 2 is 1.74 bits per heavy atom. The molecule has 296 valence electrons. The number of rotatable bonds is 9. The minimum Gasteiger partial charge on any atom is -0.340 e. The molecule has 6 heterocycles. The molecule has 5 aliphatic rings. The van der Waals surface area contributed by atoms with Crippen LogP contribution in [0.3, 0.4) is 0 Å². The minimum atomic E-state index is -0.330. The normalized spacial score (nSPS) is 27.4. The average Bonchev–Trinajstić information content (AvgIpc) is 3.87. The lowest BCUT2D eigenvalue weighted by molar-refractivity contribution is -0.133. The van der Waals surface area contributed by atoms with Crippen LogP contribution >= 0.6 is 24.4 Å². The number of piperidine rings is 1. The average molecular weight is 810 g/mol. The van der Waals surface area contributed by atoms with Crippen LogP contribution < -0.4 is 5.32 Å². The van der Waals surface area contributed by atoms with Gasteiger partial charge in [0, 0.05) is 49.0 Å². The molecular weight excluding hydrogens is 763 g/mol. The van der Waals surface area contributed by atoms with Gasteiger partial charge in [-0.05, 0) is 104 Å². The van der Waals surface area contributed by atoms with Gasteiger partial charge >= 0.3 is 0 Å². The van der Waals surface area contributed by atoms with Crippen molar-refractivity contribution in [2.75, 3.05) is 18.8 Å². The highest BCUT2D eigenvalue weighted by atomic mass is 32.2. The fraction of sp³-hybridized carbons (Fsp3) is 0.413. The summed E-state index contributed by atoms with van der Waals surface area (Å²) in [6, 6.07) is 23.6. The SMILES string of the molecule is O=C1CC2CS[C@](S)(CCCCC(=O)N3CCC[C@]4(c5ncc(-c6ccc(C#Cc7ccc8nc([C@H]9CCCN9C(=O)c9ccccc9)[nH]c8c7)cc6)[nH]5)NC34)[C@H]2C1. The summed E-state index contributed by atoms with van der Waals surface area (Å²) in [6.45, 7) is 1.48. The standard InChI is InChI=1S/C46H47N7O3S2/c54-34-25-33-28-58-46(57,35(33)26-34)21-5-4-11-40(55)53-23-7-20-45(44(53)51-45)43-47-27-38(50-43)31-17-14-29(15-18-31)12-13-30-16-19-36-37(24-30)49-41(48-36)39-10-6-22-52(39)42(56)32-8-2-1-3-9-32/h1-3,8-9,14-19,24,27,33,35,39,44,51,57H,4-7,10-11,20-23,25-26,28H2,(H,47,50)(H,48,49)/t33?,35-,39+,44?,45+,46+/m0/s1. The number of unbranched alkanes of at least 4 members (excludes halogenated alkanes) is 1. The summed E-state index contributed by atoms with van der Waals surface area (Å²) in [6.07, 6.45) is 10.2. The number of Topliss-reactive ketones (excluding diaryl/α,β-unsaturated/α-hetero) is 1. The molecule has 6 atom stereocenters. The number of hydrogen-bond acceptors (Lipinski definition) is 8. The van der Waals surface area contributed by atoms with E-state index in [1.54, 1.807) is 0 Å². The third kappa shape index (κ3) is 6.95. The van der Waals surface area contributed by atoms with Gasteiger partial charge in [-0.15, -0.1) is 11.8 Å². The number of nitrogens with one attached hydrogen (secondary N) is 3. The van der Waals surface area contributed by atoms with Gasteiger partial charge in [0.05, 0.1) is 33.0 Å². The highest BCUT2D eigenvalue weighted by molar-refractivity contribution is 8.11. The highest BCUT2D eigenvalue weighted by Gasteiger charge is 2.62. The molecule has 5 fully saturated rings. The number of benzene rings is 3. The number of fused-ring (bicyclic) bond motifs is 3. The first kappa shape index (κ1) is 37.4. The topological polar surface area (TPSA) is 137 Å². The third-order valence-electron chi connectivity index (χ3n) is 13.1. The van der Waals surface area contributed by atoms with Crippen LogP contribution in [0.15, 0.2) is 79.0 Å². The minimum absolute atomic E-state index is 0.0360. The smallest absolute Gasteiger partial charge is 0.254 e. The largest absolute Gasteiger partial charge is 0.340 e. The number of ketones is 1. The van der Waals surface area contributed by atoms with E-state index in [0.29, 0.717) is 36.0 Å². The van der Waals surface area contributed by atoms with Crippen LogP contribution in [0.4, 0.5) is 0 Å². The summed E-state index contributed by atoms with van der Waals surface area (Å²) < 4.78 is -0.127. The quantitative estimate of drug-likeness (QED) is 0.0521. The van der Waals surface area contributed by atoms with E-state index in [4.69, 9.17) is 22.6 Å². The predicted molar refractivity (Wildman–Crippen MR) is 229 cm³/mol. The van der Waals surface area contributed by atoms with E-state index < -0.39 is 0 Å². The Kier molecular flexibility index (Phi) is 9.74. The number of carbonyl (C=O) groups excluding carboxylic acids is 3. The molecule has 2 aromatic heterocycles. The molecule has 5 aromatic rings. The van der Waals surface area contributed by atoms with Crippen molar-refractivity contribution in [1.82, 2.24) is 35.1 Å². The van der Waals surface area contributed by atoms with Gasteiger partial charge in [-0.1, -0.05) is 48.6 Å². The zero-order valence-electron chi connectivity index (χ0n) is 32.4. The molecule has 0 spiro atoms. The number of aromatic amines is 2. The second-order valence-electron chi connectivity index (χ2n) is 16.7. The molecule has 3 N–H and O–H groups in total. The van der Waals surface area contributed by atoms with Crippen molar-refractivity contribution < 1.29 is 14.4 Å². The summed E-state index contributed by atoms with van der Waals surface area (Å²) in [7, 11) is 0. The molecular formula is C46H47N7O3S2. The lowest BCUT2D eigenvalue weighted by Gasteiger charge is -2.30. The summed E-state index contributed by atoms with van der Waals surface area (Å²) in [5, 5.41) is 3.63. The fourth-order valence-electron chi connectivity index (χ4n) is 9.92. The van der Waals surface area contributed by atoms with E-state index in [0.717, 1.165) is 115 Å². The van der Waals surface area contributed by atoms with Crippen LogP contribution in [0, 0.1) is 23.7 Å². The second kappa shape index (κ2) is 15.1. The van der Waals surface area contributed by atoms with Gasteiger partial charge in [-0.25, -0.2) is 9.97 Å². The zero-order chi connectivity index (χ0) is 39.4. The monoisotopic (exact) mass is 809 g/mol. The predicted octanol–water partition coefficient (Wildman–Crippen LogP) is 7.61. The number of thiol groups is 1. The molecule has 2 amide bonds. The van der Waals surface area contributed by atoms with Crippen LogP contribution in [0.25, 0.3) is 22.3 Å². The van der Waals surface area contributed by atoms with Gasteiger partial charge in [0.25, 0.3) is 5.91 Å². The van der Waals surface area contributed by atoms with E-state index in [9.17, 15) is 14.4 Å². The third-order valence-corrected chi connectivity index (χ3v) is 15.6. The maximum absolute atomic E-state index is 13.5. The van der Waals surface area contributed by atoms with E-state index in [2.05, 4.69) is 39.3 Å². The first-order valence-corrected chi connectivity index (χ1v) is 22.2. The molecule has 10 rings (SSSR count). The molecule has 0 bridgehead atoms. The first-order valence-electron chi connectivity index (χ1n) is 20.8. The summed E-state index contributed by atoms with van der Waals surface area (Å²) in [5.41, 5.74) is 5.89. The molecule has 0 radical (unpaired) electrons. The van der Waals surface area contributed by atoms with Crippen LogP contribution in [0.1, 0.15) is 103 Å². The summed E-state index contributed by atoms with van der Waals surface area (Å²) in [4.78, 5) is 59.4. The molecule has 4 saturated heterocycles. The van der Waals surface area contributed by atoms with Crippen molar-refractivity contribution in [3.8, 4) is 23.1 Å². The Bertz CT molecular complexity index is 2450. The second-order valence-corrected chi connectivity index (χ2v) is 19.2. The molecule has 4 aliphatic heterocycles. The number of hydrogen-bond donors (Lipinski definition) is 4. The maximum atomic E-state index is 13.5. The van der Waals surface area contributed by atoms with Crippen molar-refractivity contribution in [3.05, 3.63) is 107 Å². The number of amides is 2. The van der Waals surface area contributed by atoms with Gasteiger partial charge in [-0.2, -0.15) is 12.6 Å². The van der Waals surface area contributed by atoms with E-state index in [1.807, 2.05) is 88.4 Å². The molecule has 58 heavy (non-hydrogen) atoms. The van der Waals surface area contributed by atoms with E-state index in [1.165, 1.54) is 0 Å². The molecule has 3 aromatic carbocycles. The van der Waals surface area contributed by atoms with Gasteiger partial charge in [-0.3, -0.25) is 19.7 Å². The number of imidazole rings is 2. The number of nitrogens with zero attached hydrogens (tertiary/aromatic N) is 4. The van der Waals surface area contributed by atoms with Crippen molar-refractivity contribution in [3.63, 3.8) is 0 Å². The molecule has 1 saturated carbocycles. The van der Waals surface area contributed by atoms with Crippen molar-refractivity contribution in [2.45, 2.75) is 86.0 Å². The number of thioether (sulfide) groups is 1. The highest BCUT2D eigenvalue weighted by Crippen LogP contribution is 2.57. The Hall–Kier alpha value is -4.83. The number of carbonyl (C=O) groups is 3. The van der Waals surface area contributed by atoms with Crippen molar-refractivity contribution in [1.29, 1.82) is 0 Å². The summed E-state index contributed by atoms with van der Waals surface area (Å²) in [5.74, 6) is 10.8. The van der Waals surface area contributed by atoms with Gasteiger partial charge in [0.15, 0.2) is 0 Å². The van der Waals surface area contributed by atoms with Crippen LogP contribution in [-0.2, 0) is 15.1 Å². The zero-order valence-corrected chi connectivity index (χ0v) is 34.1. The van der Waals surface area contributed by atoms with Gasteiger partial charge in [0.2, 0.25) is 5.91 Å². The van der Waals surface area contributed by atoms with E-state index in [-0.39, 0.29) is 33.6 Å². The van der Waals surface area contributed by atoms with Crippen LogP contribution in [0.2, 0.25) is 0 Å². The number of aromatic nitrogens is 4. The van der Waals surface area contributed by atoms with Crippen LogP contribution in [-0.4, -0.2) is 76.4 Å².